The number of para-hydroxylation sites is 1. The van der Waals surface area contributed by atoms with Gasteiger partial charge in [-0.05, 0) is 49.8 Å². The van der Waals surface area contributed by atoms with Gasteiger partial charge in [0.2, 0.25) is 0 Å². The van der Waals surface area contributed by atoms with Crippen molar-refractivity contribution in [1.29, 1.82) is 0 Å². The average Bonchev–Trinajstić information content (AvgIpc) is 3.54. The maximum Gasteiger partial charge on any atom is 0.338 e. The quantitative estimate of drug-likeness (QED) is 0.186. The number of fused-ring (bicyclic) bond motifs is 2. The Morgan fingerprint density at radius 1 is 0.936 bits per heavy atom. The number of hydrogen-bond donors (Lipinski definition) is 0. The number of aromatic nitrogens is 2. The fourth-order valence-electron chi connectivity index (χ4n) is 6.17. The van der Waals surface area contributed by atoms with Crippen molar-refractivity contribution in [2.75, 3.05) is 6.61 Å². The van der Waals surface area contributed by atoms with Gasteiger partial charge in [-0.1, -0.05) is 90.2 Å². The minimum Gasteiger partial charge on any atom is -0.463 e. The molecule has 0 fully saturated rings. The number of thiazole rings is 1. The van der Waals surface area contributed by atoms with Gasteiger partial charge in [0.15, 0.2) is 4.80 Å². The van der Waals surface area contributed by atoms with Gasteiger partial charge in [0.1, 0.15) is 11.6 Å². The van der Waals surface area contributed by atoms with Gasteiger partial charge in [0.25, 0.3) is 5.56 Å². The first-order valence-corrected chi connectivity index (χ1v) is 16.0. The van der Waals surface area contributed by atoms with Crippen molar-refractivity contribution in [3.8, 4) is 0 Å². The molecule has 0 radical (unpaired) electrons. The van der Waals surface area contributed by atoms with E-state index < -0.39 is 17.8 Å². The zero-order valence-corrected chi connectivity index (χ0v) is 26.4. The summed E-state index contributed by atoms with van der Waals surface area (Å²) in [5.74, 6) is -1.33. The number of carbonyl (C=O) groups is 1. The van der Waals surface area contributed by atoms with E-state index in [1.54, 1.807) is 31.2 Å². The molecule has 47 heavy (non-hydrogen) atoms. The van der Waals surface area contributed by atoms with E-state index in [2.05, 4.69) is 0 Å². The molecule has 0 saturated heterocycles. The second-order valence-electron chi connectivity index (χ2n) is 11.2. The Morgan fingerprint density at radius 3 is 2.38 bits per heavy atom. The Kier molecular flexibility index (Phi) is 7.99. The fraction of sp³-hybridized carbons (Fsp3) is 0.132. The summed E-state index contributed by atoms with van der Waals surface area (Å²) in [5.41, 5.74) is 4.64. The molecule has 234 valence electrons. The summed E-state index contributed by atoms with van der Waals surface area (Å²) in [6.07, 6.45) is 1.84. The first kappa shape index (κ1) is 30.3. The van der Waals surface area contributed by atoms with Crippen molar-refractivity contribution in [2.45, 2.75) is 26.4 Å². The van der Waals surface area contributed by atoms with E-state index in [1.165, 1.54) is 34.1 Å². The molecule has 6 aromatic rings. The van der Waals surface area contributed by atoms with Gasteiger partial charge < -0.3 is 9.30 Å². The summed E-state index contributed by atoms with van der Waals surface area (Å²) >= 11 is 1.22. The van der Waals surface area contributed by atoms with E-state index in [9.17, 15) is 18.4 Å². The van der Waals surface area contributed by atoms with Gasteiger partial charge in [-0.3, -0.25) is 9.36 Å². The number of ether oxygens (including phenoxy) is 1. The predicted molar refractivity (Wildman–Crippen MR) is 180 cm³/mol. The highest BCUT2D eigenvalue weighted by molar-refractivity contribution is 7.07. The third-order valence-electron chi connectivity index (χ3n) is 8.40. The number of esters is 1. The number of carbonyl (C=O) groups excluding carboxylic acids is 1. The summed E-state index contributed by atoms with van der Waals surface area (Å²) in [4.78, 5) is 33.4. The lowest BCUT2D eigenvalue weighted by atomic mass is 9.93. The number of benzene rings is 4. The molecule has 4 aromatic carbocycles. The minimum absolute atomic E-state index is 0.126. The van der Waals surface area contributed by atoms with Crippen LogP contribution in [-0.2, 0) is 16.1 Å². The second-order valence-corrected chi connectivity index (χ2v) is 12.2. The van der Waals surface area contributed by atoms with Crippen LogP contribution in [0.1, 0.15) is 40.9 Å². The number of hydrogen-bond acceptors (Lipinski definition) is 5. The summed E-state index contributed by atoms with van der Waals surface area (Å²) in [5, 5.41) is 0.916. The normalized spacial score (nSPS) is 14.7. The Balaban J connectivity index is 1.48. The largest absolute Gasteiger partial charge is 0.463 e. The smallest absolute Gasteiger partial charge is 0.338 e. The van der Waals surface area contributed by atoms with E-state index in [0.717, 1.165) is 22.2 Å². The van der Waals surface area contributed by atoms with Crippen molar-refractivity contribution in [1.82, 2.24) is 9.13 Å². The molecule has 0 bridgehead atoms. The van der Waals surface area contributed by atoms with Crippen LogP contribution in [0, 0.1) is 18.6 Å². The van der Waals surface area contributed by atoms with Crippen LogP contribution < -0.4 is 14.9 Å². The number of nitrogens with zero attached hydrogens (tertiary/aromatic N) is 3. The van der Waals surface area contributed by atoms with Crippen molar-refractivity contribution in [3.63, 3.8) is 0 Å². The van der Waals surface area contributed by atoms with Crippen molar-refractivity contribution < 1.29 is 18.3 Å². The molecule has 2 aromatic heterocycles. The van der Waals surface area contributed by atoms with Crippen LogP contribution in [0.2, 0.25) is 0 Å². The minimum atomic E-state index is -0.910. The molecule has 9 heteroatoms. The van der Waals surface area contributed by atoms with Crippen LogP contribution in [0.25, 0.3) is 22.7 Å². The predicted octanol–water partition coefficient (Wildman–Crippen LogP) is 6.53. The molecule has 1 aliphatic rings. The van der Waals surface area contributed by atoms with Gasteiger partial charge in [0, 0.05) is 33.3 Å². The summed E-state index contributed by atoms with van der Waals surface area (Å²) < 4.78 is 38.3. The van der Waals surface area contributed by atoms with Crippen LogP contribution >= 0.6 is 11.3 Å². The van der Waals surface area contributed by atoms with Gasteiger partial charge in [0.05, 0.1) is 35.0 Å². The Labute approximate surface area is 272 Å². The lowest BCUT2D eigenvalue weighted by Gasteiger charge is -2.25. The third kappa shape index (κ3) is 5.42. The summed E-state index contributed by atoms with van der Waals surface area (Å²) in [6, 6.07) is 28.6. The zero-order chi connectivity index (χ0) is 32.7. The standard InChI is InChI=1S/C38H29F2N3O3S/c1-3-46-37(45)33-34(24-11-5-4-6-12-24)41-38-43(35(33)25-17-19-27(39)20-18-25)36(44)32(47-38)21-29-23(2)42(31-16-10-8-14-28(29)31)22-26-13-7-9-15-30(26)40/h4-21,35H,3,22H2,1-2H3/b32-21-/t35-/m1/s1. The van der Waals surface area contributed by atoms with E-state index in [-0.39, 0.29) is 23.6 Å². The monoisotopic (exact) mass is 645 g/mol. The first-order valence-electron chi connectivity index (χ1n) is 15.2. The number of rotatable bonds is 7. The van der Waals surface area contributed by atoms with Gasteiger partial charge in [-0.2, -0.15) is 0 Å². The summed E-state index contributed by atoms with van der Waals surface area (Å²) in [6.45, 7) is 4.12. The maximum atomic E-state index is 14.7. The van der Waals surface area contributed by atoms with E-state index in [4.69, 9.17) is 9.73 Å². The Morgan fingerprint density at radius 2 is 1.64 bits per heavy atom. The molecule has 0 aliphatic carbocycles. The fourth-order valence-corrected chi connectivity index (χ4v) is 7.16. The highest BCUT2D eigenvalue weighted by atomic mass is 32.1. The lowest BCUT2D eigenvalue weighted by Crippen LogP contribution is -2.40. The zero-order valence-electron chi connectivity index (χ0n) is 25.6. The second kappa shape index (κ2) is 12.4. The van der Waals surface area contributed by atoms with Gasteiger partial charge in [-0.15, -0.1) is 0 Å². The van der Waals surface area contributed by atoms with Crippen LogP contribution in [-0.4, -0.2) is 21.7 Å². The van der Waals surface area contributed by atoms with E-state index >= 15 is 0 Å². The molecule has 0 saturated carbocycles. The first-order chi connectivity index (χ1) is 22.9. The van der Waals surface area contributed by atoms with Crippen molar-refractivity contribution in [3.05, 3.63) is 168 Å². The van der Waals surface area contributed by atoms with Crippen molar-refractivity contribution in [2.24, 2.45) is 4.99 Å². The SMILES string of the molecule is CCOC(=O)C1=C(c2ccccc2)N=c2s/c(=C\c3c(C)n(Cc4ccccc4F)c4ccccc34)c(=O)n2[C@@H]1c1ccc(F)cc1. The molecule has 1 atom stereocenters. The lowest BCUT2D eigenvalue weighted by molar-refractivity contribution is -0.138. The van der Waals surface area contributed by atoms with E-state index in [1.807, 2.05) is 78.2 Å². The van der Waals surface area contributed by atoms with Crippen LogP contribution in [0.15, 0.2) is 118 Å². The van der Waals surface area contributed by atoms with Crippen LogP contribution in [0.4, 0.5) is 8.78 Å². The van der Waals surface area contributed by atoms with Crippen LogP contribution in [0.5, 0.6) is 0 Å². The van der Waals surface area contributed by atoms with E-state index in [0.29, 0.717) is 38.3 Å². The molecule has 1 aliphatic heterocycles. The molecule has 3 heterocycles. The third-order valence-corrected chi connectivity index (χ3v) is 9.38. The van der Waals surface area contributed by atoms with Crippen LogP contribution in [0.3, 0.4) is 0 Å². The van der Waals surface area contributed by atoms with Crippen molar-refractivity contribution >= 4 is 40.0 Å². The molecular weight excluding hydrogens is 616 g/mol. The Bertz CT molecular complexity index is 2370. The molecule has 0 amide bonds. The highest BCUT2D eigenvalue weighted by Gasteiger charge is 2.35. The molecule has 7 rings (SSSR count). The molecule has 0 unspecified atom stereocenters. The molecule has 0 spiro atoms. The number of halogens is 2. The Hall–Kier alpha value is -5.41. The highest BCUT2D eigenvalue weighted by Crippen LogP contribution is 2.35. The molecular formula is C38H29F2N3O3S. The topological polar surface area (TPSA) is 65.6 Å². The molecule has 6 nitrogen and oxygen atoms in total. The molecule has 0 N–H and O–H groups in total. The average molecular weight is 646 g/mol. The van der Waals surface area contributed by atoms with Gasteiger partial charge in [-0.25, -0.2) is 18.6 Å². The summed E-state index contributed by atoms with van der Waals surface area (Å²) in [7, 11) is 0. The maximum absolute atomic E-state index is 14.7. The van der Waals surface area contributed by atoms with Gasteiger partial charge >= 0.3 is 5.97 Å².